The fraction of sp³-hybridized carbons (Fsp3) is 0.474. The van der Waals surface area contributed by atoms with E-state index in [4.69, 9.17) is 15.5 Å². The fourth-order valence-electron chi connectivity index (χ4n) is 3.09. The first-order valence-corrected chi connectivity index (χ1v) is 9.23. The Labute approximate surface area is 158 Å². The van der Waals surface area contributed by atoms with Crippen molar-refractivity contribution in [2.45, 2.75) is 46.2 Å². The second-order valence-electron chi connectivity index (χ2n) is 6.71. The molecule has 3 rings (SSSR count). The van der Waals surface area contributed by atoms with Crippen molar-refractivity contribution in [2.24, 2.45) is 5.73 Å². The number of fused-ring (bicyclic) bond motifs is 1. The molecule has 0 aliphatic heterocycles. The molecule has 0 unspecified atom stereocenters. The van der Waals surface area contributed by atoms with Crippen LogP contribution in [0.3, 0.4) is 0 Å². The highest BCUT2D eigenvalue weighted by atomic mass is 16.5. The SMILES string of the molecule is CCOCCn1nc(CC(N)=O)nc1Cn1c(C(C)C)nc2ccccc21. The van der Waals surface area contributed by atoms with E-state index in [-0.39, 0.29) is 12.3 Å². The highest BCUT2D eigenvalue weighted by Crippen LogP contribution is 2.22. The van der Waals surface area contributed by atoms with E-state index < -0.39 is 5.91 Å². The van der Waals surface area contributed by atoms with E-state index >= 15 is 0 Å². The number of nitrogens with two attached hydrogens (primary N) is 1. The van der Waals surface area contributed by atoms with Gasteiger partial charge < -0.3 is 15.0 Å². The molecule has 0 aliphatic rings. The lowest BCUT2D eigenvalue weighted by Crippen LogP contribution is -2.16. The summed E-state index contributed by atoms with van der Waals surface area (Å²) in [5.41, 5.74) is 7.32. The predicted octanol–water partition coefficient (Wildman–Crippen LogP) is 1.86. The van der Waals surface area contributed by atoms with Gasteiger partial charge in [-0.05, 0) is 19.1 Å². The number of rotatable bonds is 9. The monoisotopic (exact) mass is 370 g/mol. The van der Waals surface area contributed by atoms with Crippen LogP contribution in [-0.2, 0) is 29.0 Å². The largest absolute Gasteiger partial charge is 0.380 e. The van der Waals surface area contributed by atoms with Crippen molar-refractivity contribution >= 4 is 16.9 Å². The third-order valence-electron chi connectivity index (χ3n) is 4.28. The molecule has 0 fully saturated rings. The third kappa shape index (κ3) is 4.33. The van der Waals surface area contributed by atoms with Gasteiger partial charge in [0.2, 0.25) is 5.91 Å². The number of carbonyl (C=O) groups excluding carboxylic acids is 1. The average molecular weight is 370 g/mol. The summed E-state index contributed by atoms with van der Waals surface area (Å²) in [6, 6.07) is 8.05. The van der Waals surface area contributed by atoms with E-state index in [9.17, 15) is 4.79 Å². The highest BCUT2D eigenvalue weighted by Gasteiger charge is 2.18. The number of amides is 1. The Balaban J connectivity index is 1.98. The van der Waals surface area contributed by atoms with Crippen LogP contribution in [0, 0.1) is 0 Å². The molecule has 1 aromatic carbocycles. The number of hydrogen-bond acceptors (Lipinski definition) is 5. The molecule has 144 valence electrons. The molecule has 8 heteroatoms. The quantitative estimate of drug-likeness (QED) is 0.580. The molecule has 0 bridgehead atoms. The number of carbonyl (C=O) groups is 1. The number of imidazole rings is 1. The minimum absolute atomic E-state index is 0.0242. The molecule has 0 aliphatic carbocycles. The lowest BCUT2D eigenvalue weighted by atomic mass is 10.2. The van der Waals surface area contributed by atoms with Crippen LogP contribution in [0.15, 0.2) is 24.3 Å². The van der Waals surface area contributed by atoms with E-state index in [2.05, 4.69) is 34.6 Å². The van der Waals surface area contributed by atoms with Gasteiger partial charge in [0, 0.05) is 12.5 Å². The second-order valence-corrected chi connectivity index (χ2v) is 6.71. The van der Waals surface area contributed by atoms with Crippen molar-refractivity contribution in [3.8, 4) is 0 Å². The average Bonchev–Trinajstić information content (AvgIpc) is 3.17. The van der Waals surface area contributed by atoms with E-state index in [1.165, 1.54) is 0 Å². The van der Waals surface area contributed by atoms with Crippen LogP contribution in [0.4, 0.5) is 0 Å². The Morgan fingerprint density at radius 3 is 2.74 bits per heavy atom. The highest BCUT2D eigenvalue weighted by molar-refractivity contribution is 5.76. The summed E-state index contributed by atoms with van der Waals surface area (Å²) in [6.07, 6.45) is 0.0242. The van der Waals surface area contributed by atoms with Gasteiger partial charge in [0.05, 0.1) is 37.2 Å². The first-order chi connectivity index (χ1) is 13.0. The van der Waals surface area contributed by atoms with Crippen LogP contribution in [0.5, 0.6) is 0 Å². The van der Waals surface area contributed by atoms with Crippen LogP contribution in [-0.4, -0.2) is 43.4 Å². The zero-order valence-corrected chi connectivity index (χ0v) is 16.1. The van der Waals surface area contributed by atoms with Gasteiger partial charge in [0.15, 0.2) is 5.82 Å². The number of aromatic nitrogens is 5. The molecule has 0 saturated heterocycles. The van der Waals surface area contributed by atoms with Gasteiger partial charge in [-0.15, -0.1) is 0 Å². The van der Waals surface area contributed by atoms with Crippen molar-refractivity contribution in [1.29, 1.82) is 0 Å². The Morgan fingerprint density at radius 2 is 2.04 bits per heavy atom. The number of ether oxygens (including phenoxy) is 1. The molecular weight excluding hydrogens is 344 g/mol. The fourth-order valence-corrected chi connectivity index (χ4v) is 3.09. The van der Waals surface area contributed by atoms with Crippen LogP contribution in [0.1, 0.15) is 44.2 Å². The number of hydrogen-bond donors (Lipinski definition) is 1. The molecule has 0 spiro atoms. The van der Waals surface area contributed by atoms with Gasteiger partial charge in [0.1, 0.15) is 11.6 Å². The van der Waals surface area contributed by atoms with E-state index in [0.29, 0.717) is 32.1 Å². The molecule has 27 heavy (non-hydrogen) atoms. The van der Waals surface area contributed by atoms with Crippen molar-refractivity contribution < 1.29 is 9.53 Å². The first kappa shape index (κ1) is 19.0. The summed E-state index contributed by atoms with van der Waals surface area (Å²) in [4.78, 5) is 20.6. The smallest absolute Gasteiger partial charge is 0.225 e. The minimum Gasteiger partial charge on any atom is -0.380 e. The molecule has 0 atom stereocenters. The number of benzene rings is 1. The van der Waals surface area contributed by atoms with Gasteiger partial charge in [-0.25, -0.2) is 14.6 Å². The predicted molar refractivity (Wildman–Crippen MR) is 102 cm³/mol. The number of para-hydroxylation sites is 2. The zero-order valence-electron chi connectivity index (χ0n) is 16.1. The molecule has 0 radical (unpaired) electrons. The summed E-state index contributed by atoms with van der Waals surface area (Å²) in [7, 11) is 0. The minimum atomic E-state index is -0.445. The third-order valence-corrected chi connectivity index (χ3v) is 4.28. The lowest BCUT2D eigenvalue weighted by molar-refractivity contribution is -0.117. The van der Waals surface area contributed by atoms with Crippen LogP contribution >= 0.6 is 0 Å². The lowest BCUT2D eigenvalue weighted by Gasteiger charge is -2.12. The zero-order chi connectivity index (χ0) is 19.4. The summed E-state index contributed by atoms with van der Waals surface area (Å²) in [5, 5.41) is 4.45. The molecule has 2 N–H and O–H groups in total. The van der Waals surface area contributed by atoms with Gasteiger partial charge in [0.25, 0.3) is 0 Å². The van der Waals surface area contributed by atoms with Crippen LogP contribution < -0.4 is 5.73 Å². The Hall–Kier alpha value is -2.74. The maximum atomic E-state index is 11.3. The van der Waals surface area contributed by atoms with E-state index in [1.54, 1.807) is 4.68 Å². The normalized spacial score (nSPS) is 11.6. The molecule has 8 nitrogen and oxygen atoms in total. The summed E-state index contributed by atoms with van der Waals surface area (Å²) in [5.74, 6) is 2.01. The van der Waals surface area contributed by atoms with Gasteiger partial charge >= 0.3 is 0 Å². The van der Waals surface area contributed by atoms with Crippen LogP contribution in [0.25, 0.3) is 11.0 Å². The Morgan fingerprint density at radius 1 is 1.26 bits per heavy atom. The Kier molecular flexibility index (Phi) is 5.85. The van der Waals surface area contributed by atoms with Crippen molar-refractivity contribution in [1.82, 2.24) is 24.3 Å². The molecule has 2 heterocycles. The van der Waals surface area contributed by atoms with E-state index in [0.717, 1.165) is 22.7 Å². The summed E-state index contributed by atoms with van der Waals surface area (Å²) < 4.78 is 9.41. The molecule has 0 saturated carbocycles. The van der Waals surface area contributed by atoms with E-state index in [1.807, 2.05) is 25.1 Å². The number of primary amides is 1. The van der Waals surface area contributed by atoms with Crippen molar-refractivity contribution in [3.63, 3.8) is 0 Å². The number of nitrogens with zero attached hydrogens (tertiary/aromatic N) is 5. The molecule has 2 aromatic heterocycles. The van der Waals surface area contributed by atoms with Crippen LogP contribution in [0.2, 0.25) is 0 Å². The van der Waals surface area contributed by atoms with Gasteiger partial charge in [-0.2, -0.15) is 5.10 Å². The molecule has 1 amide bonds. The first-order valence-electron chi connectivity index (χ1n) is 9.23. The Bertz CT molecular complexity index is 928. The topological polar surface area (TPSA) is 101 Å². The van der Waals surface area contributed by atoms with Gasteiger partial charge in [-0.3, -0.25) is 4.79 Å². The van der Waals surface area contributed by atoms with Crippen molar-refractivity contribution in [3.05, 3.63) is 41.7 Å². The van der Waals surface area contributed by atoms with Gasteiger partial charge in [-0.1, -0.05) is 26.0 Å². The second kappa shape index (κ2) is 8.30. The molecule has 3 aromatic rings. The molecular formula is C19H26N6O2. The summed E-state index contributed by atoms with van der Waals surface area (Å²) in [6.45, 7) is 8.45. The maximum Gasteiger partial charge on any atom is 0.225 e. The van der Waals surface area contributed by atoms with Crippen molar-refractivity contribution in [2.75, 3.05) is 13.2 Å². The maximum absolute atomic E-state index is 11.3. The summed E-state index contributed by atoms with van der Waals surface area (Å²) >= 11 is 0. The standard InChI is InChI=1S/C19H26N6O2/c1-4-27-10-9-25-18(22-17(23-25)11-16(20)26)12-24-15-8-6-5-7-14(15)21-19(24)13(2)3/h5-8,13H,4,9-12H2,1-3H3,(H2,20,26).